The Balaban J connectivity index is 1.43. The fourth-order valence-corrected chi connectivity index (χ4v) is 5.33. The lowest BCUT2D eigenvalue weighted by Gasteiger charge is -2.29. The summed E-state index contributed by atoms with van der Waals surface area (Å²) in [4.78, 5) is 46.0. The molecule has 3 heterocycles. The number of rotatable bonds is 17. The molecule has 1 aliphatic heterocycles. The third kappa shape index (κ3) is 7.61. The van der Waals surface area contributed by atoms with Crippen LogP contribution in [0.5, 0.6) is 5.75 Å². The molecule has 0 saturated carbocycles. The minimum atomic E-state index is -0.250. The number of ether oxygens (including phenoxy) is 1. The lowest BCUT2D eigenvalue weighted by molar-refractivity contribution is -0.123. The second-order valence-electron chi connectivity index (χ2n) is 10.9. The van der Waals surface area contributed by atoms with Gasteiger partial charge in [0.05, 0.1) is 0 Å². The molecule has 1 aliphatic rings. The van der Waals surface area contributed by atoms with Crippen LogP contribution in [-0.4, -0.2) is 63.9 Å². The van der Waals surface area contributed by atoms with Crippen LogP contribution in [-0.2, 0) is 30.8 Å². The summed E-state index contributed by atoms with van der Waals surface area (Å²) in [6, 6.07) is 7.82. The lowest BCUT2D eigenvalue weighted by atomic mass is 10.1. The van der Waals surface area contributed by atoms with Crippen molar-refractivity contribution in [3.63, 3.8) is 0 Å². The number of aryl methyl sites for hydroxylation is 2. The monoisotopic (exact) mass is 581 g/mol. The van der Waals surface area contributed by atoms with Crippen molar-refractivity contribution < 1.29 is 9.53 Å². The number of imidazole rings is 1. The van der Waals surface area contributed by atoms with Gasteiger partial charge >= 0.3 is 5.69 Å². The van der Waals surface area contributed by atoms with E-state index in [2.05, 4.69) is 36.3 Å². The molecular formula is C31H47N7O4. The van der Waals surface area contributed by atoms with Gasteiger partial charge in [0.2, 0.25) is 5.95 Å². The predicted octanol–water partition coefficient (Wildman–Crippen LogP) is 2.91. The highest BCUT2D eigenvalue weighted by Gasteiger charge is 2.26. The number of aromatic nitrogens is 4. The molecule has 230 valence electrons. The number of nitrogens with one attached hydrogen (secondary N) is 2. The molecule has 0 saturated heterocycles. The standard InChI is InChI=1S/C31H47N7O4/c1-4-7-19-37-28-27(29(40)38(31(37)41)20-8-5-2)36-21-10-18-35(30(36)34-28)22-15-24-11-13-25(14-12-24)42-23-26(39)33-17-9-16-32-6-3/h11-14,32H,4-10,15-23H2,1-3H3,(H,33,39). The number of benzene rings is 1. The van der Waals surface area contributed by atoms with Crippen molar-refractivity contribution in [3.8, 4) is 5.75 Å². The lowest BCUT2D eigenvalue weighted by Crippen LogP contribution is -2.41. The normalized spacial score (nSPS) is 13.0. The van der Waals surface area contributed by atoms with Crippen molar-refractivity contribution in [2.45, 2.75) is 85.4 Å². The van der Waals surface area contributed by atoms with Crippen LogP contribution < -0.4 is 31.5 Å². The third-order valence-electron chi connectivity index (χ3n) is 7.72. The van der Waals surface area contributed by atoms with E-state index in [0.29, 0.717) is 43.1 Å². The van der Waals surface area contributed by atoms with Gasteiger partial charge in [-0.3, -0.25) is 18.7 Å². The van der Waals surface area contributed by atoms with E-state index in [-0.39, 0.29) is 23.8 Å². The molecule has 0 aliphatic carbocycles. The maximum Gasteiger partial charge on any atom is 0.332 e. The van der Waals surface area contributed by atoms with E-state index in [4.69, 9.17) is 9.72 Å². The van der Waals surface area contributed by atoms with Crippen molar-refractivity contribution in [2.75, 3.05) is 44.2 Å². The highest BCUT2D eigenvalue weighted by molar-refractivity contribution is 5.77. The summed E-state index contributed by atoms with van der Waals surface area (Å²) in [7, 11) is 0. The molecule has 0 unspecified atom stereocenters. The zero-order valence-corrected chi connectivity index (χ0v) is 25.5. The van der Waals surface area contributed by atoms with Gasteiger partial charge in [0.15, 0.2) is 17.8 Å². The molecule has 3 aromatic rings. The number of anilines is 1. The molecule has 11 heteroatoms. The number of carbonyl (C=O) groups excluding carboxylic acids is 1. The number of carbonyl (C=O) groups is 1. The van der Waals surface area contributed by atoms with Gasteiger partial charge in [-0.1, -0.05) is 45.7 Å². The van der Waals surface area contributed by atoms with Crippen molar-refractivity contribution in [2.24, 2.45) is 0 Å². The van der Waals surface area contributed by atoms with E-state index in [1.165, 1.54) is 4.57 Å². The Morgan fingerprint density at radius 2 is 1.67 bits per heavy atom. The summed E-state index contributed by atoms with van der Waals surface area (Å²) in [5, 5.41) is 6.10. The molecule has 0 bridgehead atoms. The highest BCUT2D eigenvalue weighted by Crippen LogP contribution is 2.25. The van der Waals surface area contributed by atoms with E-state index in [0.717, 1.165) is 82.6 Å². The maximum atomic E-state index is 13.5. The van der Waals surface area contributed by atoms with Crippen molar-refractivity contribution in [3.05, 3.63) is 50.7 Å². The van der Waals surface area contributed by atoms with Crippen LogP contribution in [0.2, 0.25) is 0 Å². The van der Waals surface area contributed by atoms with Gasteiger partial charge in [-0.15, -0.1) is 0 Å². The average molecular weight is 582 g/mol. The molecule has 4 rings (SSSR count). The zero-order chi connectivity index (χ0) is 29.9. The number of hydrogen-bond donors (Lipinski definition) is 2. The molecule has 0 radical (unpaired) electrons. The topological polar surface area (TPSA) is 115 Å². The van der Waals surface area contributed by atoms with E-state index >= 15 is 0 Å². The predicted molar refractivity (Wildman–Crippen MR) is 167 cm³/mol. The first-order valence-electron chi connectivity index (χ1n) is 15.7. The SMILES string of the molecule is CCCCn1c(=O)c2c(nc3n2CCCN3CCc2ccc(OCC(=O)NCCCNCC)cc2)n(CCCC)c1=O. The molecule has 1 aromatic carbocycles. The largest absolute Gasteiger partial charge is 0.484 e. The van der Waals surface area contributed by atoms with Gasteiger partial charge < -0.3 is 24.8 Å². The quantitative estimate of drug-likeness (QED) is 0.236. The van der Waals surface area contributed by atoms with E-state index in [9.17, 15) is 14.4 Å². The highest BCUT2D eigenvalue weighted by atomic mass is 16.5. The van der Waals surface area contributed by atoms with Crippen LogP contribution in [0, 0.1) is 0 Å². The van der Waals surface area contributed by atoms with E-state index < -0.39 is 0 Å². The van der Waals surface area contributed by atoms with Gasteiger partial charge in [-0.2, -0.15) is 4.98 Å². The smallest absolute Gasteiger partial charge is 0.332 e. The average Bonchev–Trinajstić information content (AvgIpc) is 3.39. The van der Waals surface area contributed by atoms with Crippen LogP contribution in [0.15, 0.2) is 33.9 Å². The van der Waals surface area contributed by atoms with Crippen LogP contribution in [0.1, 0.15) is 64.9 Å². The molecule has 2 aromatic heterocycles. The third-order valence-corrected chi connectivity index (χ3v) is 7.72. The van der Waals surface area contributed by atoms with Gasteiger partial charge in [0.25, 0.3) is 11.5 Å². The first-order valence-corrected chi connectivity index (χ1v) is 15.7. The van der Waals surface area contributed by atoms with Crippen molar-refractivity contribution >= 4 is 23.0 Å². The second-order valence-corrected chi connectivity index (χ2v) is 10.9. The van der Waals surface area contributed by atoms with Crippen LogP contribution >= 0.6 is 0 Å². The minimum absolute atomic E-state index is 0.00593. The summed E-state index contributed by atoms with van der Waals surface area (Å²) < 4.78 is 10.8. The fraction of sp³-hybridized carbons (Fsp3) is 0.613. The maximum absolute atomic E-state index is 13.5. The van der Waals surface area contributed by atoms with E-state index in [1.807, 2.05) is 28.8 Å². The molecule has 2 N–H and O–H groups in total. The minimum Gasteiger partial charge on any atom is -0.484 e. The Labute approximate surface area is 247 Å². The van der Waals surface area contributed by atoms with Crippen LogP contribution in [0.3, 0.4) is 0 Å². The summed E-state index contributed by atoms with van der Waals surface area (Å²) in [5.41, 5.74) is 1.72. The molecule has 0 atom stereocenters. The zero-order valence-electron chi connectivity index (χ0n) is 25.5. The molecule has 42 heavy (non-hydrogen) atoms. The van der Waals surface area contributed by atoms with E-state index in [1.54, 1.807) is 4.57 Å². The number of hydrogen-bond acceptors (Lipinski definition) is 7. The molecular weight excluding hydrogens is 534 g/mol. The van der Waals surface area contributed by atoms with Crippen molar-refractivity contribution in [1.82, 2.24) is 29.3 Å². The molecule has 11 nitrogen and oxygen atoms in total. The Bertz CT molecular complexity index is 1420. The number of nitrogens with zero attached hydrogens (tertiary/aromatic N) is 5. The first kappa shape index (κ1) is 31.3. The van der Waals surface area contributed by atoms with Gasteiger partial charge in [-0.05, 0) is 62.9 Å². The van der Waals surface area contributed by atoms with Gasteiger partial charge in [0.1, 0.15) is 5.75 Å². The summed E-state index contributed by atoms with van der Waals surface area (Å²) >= 11 is 0. The second kappa shape index (κ2) is 15.6. The van der Waals surface area contributed by atoms with Gasteiger partial charge in [0, 0.05) is 39.3 Å². The van der Waals surface area contributed by atoms with Gasteiger partial charge in [-0.25, -0.2) is 4.79 Å². The Hall–Kier alpha value is -3.60. The van der Waals surface area contributed by atoms with Crippen LogP contribution in [0.4, 0.5) is 5.95 Å². The molecule has 0 spiro atoms. The Kier molecular flexibility index (Phi) is 11.6. The fourth-order valence-electron chi connectivity index (χ4n) is 5.33. The Morgan fingerprint density at radius 1 is 0.929 bits per heavy atom. The number of amides is 1. The Morgan fingerprint density at radius 3 is 2.38 bits per heavy atom. The number of fused-ring (bicyclic) bond motifs is 3. The molecule has 0 fully saturated rings. The first-order chi connectivity index (χ1) is 20.5. The van der Waals surface area contributed by atoms with Crippen LogP contribution in [0.25, 0.3) is 11.2 Å². The summed E-state index contributed by atoms with van der Waals surface area (Å²) in [5.74, 6) is 1.30. The van der Waals surface area contributed by atoms with Crippen molar-refractivity contribution in [1.29, 1.82) is 0 Å². The summed E-state index contributed by atoms with van der Waals surface area (Å²) in [6.07, 6.45) is 6.09. The molecule has 1 amide bonds. The summed E-state index contributed by atoms with van der Waals surface area (Å²) in [6.45, 7) is 11.9. The number of unbranched alkanes of at least 4 members (excludes halogenated alkanes) is 2.